The van der Waals surface area contributed by atoms with Gasteiger partial charge in [0.05, 0.1) is 36.4 Å². The molecule has 1 heterocycles. The van der Waals surface area contributed by atoms with Gasteiger partial charge in [-0.05, 0) is 54.3 Å². The van der Waals surface area contributed by atoms with Crippen LogP contribution >= 0.6 is 0 Å². The van der Waals surface area contributed by atoms with Crippen molar-refractivity contribution < 1.29 is 45.0 Å². The number of carbonyl (C=O) groups is 1. The minimum absolute atomic E-state index is 0.0457. The molecule has 0 saturated carbocycles. The average molecular weight is 546 g/mol. The van der Waals surface area contributed by atoms with Gasteiger partial charge in [-0.25, -0.2) is 4.39 Å². The molecule has 2 aromatic rings. The topological polar surface area (TPSA) is 42.0 Å². The van der Waals surface area contributed by atoms with Gasteiger partial charge in [-0.15, -0.1) is 0 Å². The number of amides is 1. The van der Waals surface area contributed by atoms with Gasteiger partial charge >= 0.3 is 12.4 Å². The van der Waals surface area contributed by atoms with Crippen molar-refractivity contribution in [1.29, 1.82) is 0 Å². The van der Waals surface area contributed by atoms with E-state index in [1.807, 2.05) is 0 Å². The lowest BCUT2D eigenvalue weighted by Crippen LogP contribution is -2.47. The molecule has 1 fully saturated rings. The van der Waals surface area contributed by atoms with Crippen LogP contribution in [0.5, 0.6) is 0 Å². The highest BCUT2D eigenvalue weighted by atomic mass is 19.4. The first-order chi connectivity index (χ1) is 17.7. The Kier molecular flexibility index (Phi) is 9.07. The van der Waals surface area contributed by atoms with Crippen molar-refractivity contribution in [3.05, 3.63) is 70.5 Å². The molecule has 1 aliphatic rings. The Bertz CT molecular complexity index is 1150. The Morgan fingerprint density at radius 2 is 1.66 bits per heavy atom. The van der Waals surface area contributed by atoms with E-state index < -0.39 is 53.6 Å². The smallest absolute Gasteiger partial charge is 0.349 e. The Labute approximate surface area is 215 Å². The Morgan fingerprint density at radius 1 is 1.08 bits per heavy atom. The molecule has 3 atom stereocenters. The summed E-state index contributed by atoms with van der Waals surface area (Å²) in [5.41, 5.74) is -2.74. The molecular formula is C26H25F7N2O3. The minimum Gasteiger partial charge on any atom is -0.349 e. The minimum atomic E-state index is -5.01. The summed E-state index contributed by atoms with van der Waals surface area (Å²) >= 11 is 0. The largest absolute Gasteiger partial charge is 0.416 e. The number of benzene rings is 2. The van der Waals surface area contributed by atoms with Gasteiger partial charge in [-0.2, -0.15) is 26.3 Å². The van der Waals surface area contributed by atoms with Gasteiger partial charge in [-0.1, -0.05) is 18.1 Å². The Hall–Kier alpha value is -3.14. The quantitative estimate of drug-likeness (QED) is 0.371. The highest BCUT2D eigenvalue weighted by Crippen LogP contribution is 2.39. The number of alkyl halides is 6. The van der Waals surface area contributed by atoms with Crippen molar-refractivity contribution in [2.45, 2.75) is 37.7 Å². The molecule has 0 unspecified atom stereocenters. The zero-order chi connectivity index (χ0) is 28.3. The number of hydrogen-bond acceptors (Lipinski definition) is 4. The summed E-state index contributed by atoms with van der Waals surface area (Å²) in [6, 6.07) is 5.84. The summed E-state index contributed by atoms with van der Waals surface area (Å²) in [4.78, 5) is 14.9. The highest BCUT2D eigenvalue weighted by molar-refractivity contribution is 5.93. The Balaban J connectivity index is 1.94. The molecule has 1 saturated heterocycles. The summed E-state index contributed by atoms with van der Waals surface area (Å²) in [7, 11) is 3.08. The van der Waals surface area contributed by atoms with Crippen LogP contribution in [0.15, 0.2) is 42.5 Å². The van der Waals surface area contributed by atoms with Gasteiger partial charge in [0.15, 0.2) is 6.29 Å². The fourth-order valence-electron chi connectivity index (χ4n) is 3.83. The van der Waals surface area contributed by atoms with E-state index in [4.69, 9.17) is 9.47 Å². The summed E-state index contributed by atoms with van der Waals surface area (Å²) in [6.07, 6.45) is -12.4. The van der Waals surface area contributed by atoms with Crippen molar-refractivity contribution in [2.75, 3.05) is 33.8 Å². The molecule has 3 rings (SSSR count). The SMILES string of the molecule is C[C@@H](O[C@H]1OCCN(CC#CC(=O)N(C)C)[C@H]1c1ccc(F)cc1)c1cc(C(F)(F)F)cc(C(F)(F)F)c1. The van der Waals surface area contributed by atoms with Crippen LogP contribution < -0.4 is 0 Å². The third-order valence-electron chi connectivity index (χ3n) is 5.82. The molecule has 38 heavy (non-hydrogen) atoms. The third kappa shape index (κ3) is 7.46. The van der Waals surface area contributed by atoms with Crippen molar-refractivity contribution in [2.24, 2.45) is 0 Å². The van der Waals surface area contributed by atoms with Crippen molar-refractivity contribution in [3.8, 4) is 11.8 Å². The van der Waals surface area contributed by atoms with E-state index in [1.165, 1.54) is 50.2 Å². The average Bonchev–Trinajstić information content (AvgIpc) is 2.83. The number of hydrogen-bond donors (Lipinski definition) is 0. The molecule has 0 bridgehead atoms. The monoisotopic (exact) mass is 546 g/mol. The fourth-order valence-corrected chi connectivity index (χ4v) is 3.83. The molecule has 12 heteroatoms. The molecule has 1 amide bonds. The molecule has 5 nitrogen and oxygen atoms in total. The maximum atomic E-state index is 13.6. The summed E-state index contributed by atoms with van der Waals surface area (Å²) in [6.45, 7) is 1.81. The molecule has 1 aliphatic heterocycles. The molecular weight excluding hydrogens is 521 g/mol. The summed E-state index contributed by atoms with van der Waals surface area (Å²) in [5.74, 6) is 4.28. The van der Waals surface area contributed by atoms with Crippen LogP contribution in [0, 0.1) is 17.7 Å². The normalized spacial score (nSPS) is 19.4. The molecule has 2 aromatic carbocycles. The van der Waals surface area contributed by atoms with E-state index >= 15 is 0 Å². The van der Waals surface area contributed by atoms with Crippen LogP contribution in [-0.2, 0) is 26.6 Å². The molecule has 0 spiro atoms. The number of nitrogens with zero attached hydrogens (tertiary/aromatic N) is 2. The molecule has 0 aromatic heterocycles. The second kappa shape index (κ2) is 11.7. The number of rotatable bonds is 5. The van der Waals surface area contributed by atoms with E-state index in [9.17, 15) is 35.5 Å². The summed E-state index contributed by atoms with van der Waals surface area (Å²) in [5, 5.41) is 0. The van der Waals surface area contributed by atoms with Crippen LogP contribution in [-0.4, -0.2) is 55.8 Å². The maximum absolute atomic E-state index is 13.6. The van der Waals surface area contributed by atoms with Crippen molar-refractivity contribution >= 4 is 5.91 Å². The van der Waals surface area contributed by atoms with Crippen LogP contribution in [0.25, 0.3) is 0 Å². The number of halogens is 7. The lowest BCUT2D eigenvalue weighted by Gasteiger charge is -2.41. The number of ether oxygens (including phenoxy) is 2. The van der Waals surface area contributed by atoms with E-state index in [0.29, 0.717) is 24.2 Å². The molecule has 0 radical (unpaired) electrons. The van der Waals surface area contributed by atoms with Gasteiger partial charge < -0.3 is 14.4 Å². The first-order valence-corrected chi connectivity index (χ1v) is 11.4. The second-order valence-corrected chi connectivity index (χ2v) is 8.82. The van der Waals surface area contributed by atoms with Gasteiger partial charge in [-0.3, -0.25) is 9.69 Å². The van der Waals surface area contributed by atoms with Crippen molar-refractivity contribution in [1.82, 2.24) is 9.80 Å². The van der Waals surface area contributed by atoms with Gasteiger partial charge in [0.1, 0.15) is 5.82 Å². The van der Waals surface area contributed by atoms with Gasteiger partial charge in [0.25, 0.3) is 5.91 Å². The van der Waals surface area contributed by atoms with E-state index in [-0.39, 0.29) is 24.8 Å². The number of carbonyl (C=O) groups excluding carboxylic acids is 1. The maximum Gasteiger partial charge on any atom is 0.416 e. The predicted octanol–water partition coefficient (Wildman–Crippen LogP) is 5.43. The fraction of sp³-hybridized carbons (Fsp3) is 0.423. The van der Waals surface area contributed by atoms with Gasteiger partial charge in [0, 0.05) is 20.6 Å². The lowest BCUT2D eigenvalue weighted by atomic mass is 10.0. The highest BCUT2D eigenvalue weighted by Gasteiger charge is 2.39. The van der Waals surface area contributed by atoms with E-state index in [2.05, 4.69) is 11.8 Å². The van der Waals surface area contributed by atoms with Crippen LogP contribution in [0.3, 0.4) is 0 Å². The zero-order valence-electron chi connectivity index (χ0n) is 20.7. The second-order valence-electron chi connectivity index (χ2n) is 8.82. The van der Waals surface area contributed by atoms with Gasteiger partial charge in [0.2, 0.25) is 0 Å². The third-order valence-corrected chi connectivity index (χ3v) is 5.82. The first-order valence-electron chi connectivity index (χ1n) is 11.4. The zero-order valence-corrected chi connectivity index (χ0v) is 20.7. The number of morpholine rings is 1. The molecule has 0 N–H and O–H groups in total. The molecule has 206 valence electrons. The lowest BCUT2D eigenvalue weighted by molar-refractivity contribution is -0.228. The van der Waals surface area contributed by atoms with E-state index in [1.54, 1.807) is 4.90 Å². The first kappa shape index (κ1) is 29.4. The standard InChI is InChI=1S/C26H25F7N2O3/c1-16(18-13-19(25(28,29)30)15-20(14-18)26(31,32)33)38-24-23(17-6-8-21(27)9-7-17)35(11-12-37-24)10-4-5-22(36)34(2)3/h6-9,13-16,23-24H,10-12H2,1-3H3/t16-,23+,24-/m1/s1. The van der Waals surface area contributed by atoms with Crippen LogP contribution in [0.4, 0.5) is 30.7 Å². The predicted molar refractivity (Wildman–Crippen MR) is 123 cm³/mol. The van der Waals surface area contributed by atoms with Crippen LogP contribution in [0.1, 0.15) is 41.3 Å². The van der Waals surface area contributed by atoms with Crippen LogP contribution in [0.2, 0.25) is 0 Å². The molecule has 0 aliphatic carbocycles. The Morgan fingerprint density at radius 3 is 2.18 bits per heavy atom. The van der Waals surface area contributed by atoms with Crippen molar-refractivity contribution in [3.63, 3.8) is 0 Å². The summed E-state index contributed by atoms with van der Waals surface area (Å²) < 4.78 is 105. The van der Waals surface area contributed by atoms with E-state index in [0.717, 1.165) is 0 Å².